The molecule has 4 atom stereocenters. The van der Waals surface area contributed by atoms with Crippen molar-refractivity contribution in [3.63, 3.8) is 0 Å². The summed E-state index contributed by atoms with van der Waals surface area (Å²) < 4.78 is 10.3. The fourth-order valence-corrected chi connectivity index (χ4v) is 1.50. The van der Waals surface area contributed by atoms with Gasteiger partial charge in [0.15, 0.2) is 12.2 Å². The van der Waals surface area contributed by atoms with Crippen LogP contribution in [0.5, 0.6) is 0 Å². The maximum Gasteiger partial charge on any atom is 0.334 e. The second kappa shape index (κ2) is 7.75. The van der Waals surface area contributed by atoms with E-state index in [1.165, 1.54) is 31.2 Å². The number of ether oxygens (including phenoxy) is 2. The van der Waals surface area contributed by atoms with Crippen molar-refractivity contribution in [2.24, 2.45) is 0 Å². The van der Waals surface area contributed by atoms with Gasteiger partial charge in [0.25, 0.3) is 0 Å². The summed E-state index contributed by atoms with van der Waals surface area (Å²) in [7, 11) is 0. The van der Waals surface area contributed by atoms with Gasteiger partial charge in [0.2, 0.25) is 0 Å². The molecule has 0 aliphatic carbocycles. The minimum absolute atomic E-state index is 0.437. The van der Waals surface area contributed by atoms with Crippen molar-refractivity contribution in [2.45, 2.75) is 45.2 Å². The Hall–Kier alpha value is -1.92. The standard InChI is InChI=1S/C15H20O6/c1-4-9(2)15(19)21-13-7-8-14(18)20-12(13)6-5-11(17)10(3)16/h4-8,10-13,16-17H,1-3H3/b6-5+,9-4+/t10-,11-,12+,13+/m1/s1. The van der Waals surface area contributed by atoms with E-state index in [1.54, 1.807) is 19.9 Å². The van der Waals surface area contributed by atoms with Gasteiger partial charge in [-0.3, -0.25) is 0 Å². The van der Waals surface area contributed by atoms with Gasteiger partial charge in [-0.15, -0.1) is 0 Å². The van der Waals surface area contributed by atoms with Crippen LogP contribution in [-0.4, -0.2) is 46.6 Å². The molecule has 21 heavy (non-hydrogen) atoms. The molecule has 1 aliphatic rings. The Kier molecular flexibility index (Phi) is 6.33. The van der Waals surface area contributed by atoms with E-state index in [9.17, 15) is 19.8 Å². The number of aliphatic hydroxyl groups is 2. The number of carbonyl (C=O) groups excluding carboxylic acids is 2. The lowest BCUT2D eigenvalue weighted by Gasteiger charge is -2.25. The van der Waals surface area contributed by atoms with E-state index < -0.39 is 36.4 Å². The number of rotatable bonds is 5. The summed E-state index contributed by atoms with van der Waals surface area (Å²) >= 11 is 0. The second-order valence-electron chi connectivity index (χ2n) is 4.72. The molecule has 0 unspecified atom stereocenters. The average molecular weight is 296 g/mol. The SMILES string of the molecule is C/C=C(\C)C(=O)O[C@H]1C=CC(=O)O[C@H]1/C=C/[C@@H](O)[C@@H](C)O. The highest BCUT2D eigenvalue weighted by molar-refractivity contribution is 5.88. The molecule has 6 heteroatoms. The molecule has 2 N–H and O–H groups in total. The third-order valence-corrected chi connectivity index (χ3v) is 2.99. The molecule has 0 saturated heterocycles. The van der Waals surface area contributed by atoms with Crippen molar-refractivity contribution in [1.82, 2.24) is 0 Å². The minimum Gasteiger partial charge on any atom is -0.451 e. The Labute approximate surface area is 123 Å². The Morgan fingerprint density at radius 1 is 1.48 bits per heavy atom. The number of hydrogen-bond acceptors (Lipinski definition) is 6. The summed E-state index contributed by atoms with van der Waals surface area (Å²) in [5, 5.41) is 18.7. The fraction of sp³-hybridized carbons (Fsp3) is 0.467. The zero-order chi connectivity index (χ0) is 16.0. The number of cyclic esters (lactones) is 1. The predicted molar refractivity (Wildman–Crippen MR) is 75.2 cm³/mol. The van der Waals surface area contributed by atoms with Gasteiger partial charge in [0.05, 0.1) is 12.2 Å². The van der Waals surface area contributed by atoms with Crippen LogP contribution in [0.2, 0.25) is 0 Å². The van der Waals surface area contributed by atoms with E-state index in [1.807, 2.05) is 0 Å². The molecule has 0 aromatic carbocycles. The lowest BCUT2D eigenvalue weighted by molar-refractivity contribution is -0.157. The van der Waals surface area contributed by atoms with Crippen molar-refractivity contribution >= 4 is 11.9 Å². The average Bonchev–Trinajstić information content (AvgIpc) is 2.45. The largest absolute Gasteiger partial charge is 0.451 e. The van der Waals surface area contributed by atoms with E-state index in [2.05, 4.69) is 0 Å². The molecular formula is C15H20O6. The summed E-state index contributed by atoms with van der Waals surface area (Å²) in [6.07, 6.45) is 3.24. The summed E-state index contributed by atoms with van der Waals surface area (Å²) in [6.45, 7) is 4.75. The third kappa shape index (κ3) is 5.17. The van der Waals surface area contributed by atoms with Gasteiger partial charge in [-0.2, -0.15) is 0 Å². The van der Waals surface area contributed by atoms with Gasteiger partial charge in [0.1, 0.15) is 0 Å². The molecule has 1 heterocycles. The highest BCUT2D eigenvalue weighted by Gasteiger charge is 2.28. The predicted octanol–water partition coefficient (Wildman–Crippen LogP) is 0.644. The molecule has 0 aromatic rings. The maximum absolute atomic E-state index is 11.7. The highest BCUT2D eigenvalue weighted by Crippen LogP contribution is 2.16. The van der Waals surface area contributed by atoms with Gasteiger partial charge in [-0.05, 0) is 32.9 Å². The van der Waals surface area contributed by atoms with Gasteiger partial charge in [-0.1, -0.05) is 12.2 Å². The first kappa shape index (κ1) is 17.1. The Morgan fingerprint density at radius 3 is 2.71 bits per heavy atom. The van der Waals surface area contributed by atoms with Crippen LogP contribution in [0.1, 0.15) is 20.8 Å². The molecule has 116 valence electrons. The van der Waals surface area contributed by atoms with Gasteiger partial charge >= 0.3 is 11.9 Å². The zero-order valence-electron chi connectivity index (χ0n) is 12.2. The Balaban J connectivity index is 2.81. The van der Waals surface area contributed by atoms with Crippen molar-refractivity contribution in [2.75, 3.05) is 0 Å². The van der Waals surface area contributed by atoms with E-state index in [4.69, 9.17) is 9.47 Å². The molecule has 1 aliphatic heterocycles. The zero-order valence-corrected chi connectivity index (χ0v) is 12.2. The van der Waals surface area contributed by atoms with Crippen LogP contribution < -0.4 is 0 Å². The smallest absolute Gasteiger partial charge is 0.334 e. The van der Waals surface area contributed by atoms with Crippen LogP contribution in [0.15, 0.2) is 36.0 Å². The monoisotopic (exact) mass is 296 g/mol. The molecular weight excluding hydrogens is 276 g/mol. The Bertz CT molecular complexity index is 475. The normalized spacial score (nSPS) is 25.6. The highest BCUT2D eigenvalue weighted by atomic mass is 16.6. The van der Waals surface area contributed by atoms with Crippen LogP contribution in [0, 0.1) is 0 Å². The number of carbonyl (C=O) groups is 2. The first-order valence-corrected chi connectivity index (χ1v) is 6.62. The van der Waals surface area contributed by atoms with Crippen molar-refractivity contribution in [3.05, 3.63) is 36.0 Å². The quantitative estimate of drug-likeness (QED) is 0.439. The van der Waals surface area contributed by atoms with Crippen LogP contribution >= 0.6 is 0 Å². The summed E-state index contributed by atoms with van der Waals surface area (Å²) in [5.41, 5.74) is 0.437. The van der Waals surface area contributed by atoms with Crippen LogP contribution in [-0.2, 0) is 19.1 Å². The number of allylic oxidation sites excluding steroid dienone is 1. The first-order chi connectivity index (χ1) is 9.85. The molecule has 0 spiro atoms. The van der Waals surface area contributed by atoms with Crippen molar-refractivity contribution in [3.8, 4) is 0 Å². The lowest BCUT2D eigenvalue weighted by atomic mass is 10.1. The second-order valence-corrected chi connectivity index (χ2v) is 4.72. The number of aliphatic hydroxyl groups excluding tert-OH is 2. The van der Waals surface area contributed by atoms with E-state index in [0.29, 0.717) is 5.57 Å². The molecule has 6 nitrogen and oxygen atoms in total. The molecule has 0 amide bonds. The Morgan fingerprint density at radius 2 is 2.14 bits per heavy atom. The molecule has 0 fully saturated rings. The molecule has 0 saturated carbocycles. The molecule has 1 rings (SSSR count). The molecule has 0 bridgehead atoms. The fourth-order valence-electron chi connectivity index (χ4n) is 1.50. The lowest BCUT2D eigenvalue weighted by Crippen LogP contribution is -2.36. The summed E-state index contributed by atoms with van der Waals surface area (Å²) in [6, 6.07) is 0. The topological polar surface area (TPSA) is 93.1 Å². The molecule has 0 radical (unpaired) electrons. The van der Waals surface area contributed by atoms with E-state index >= 15 is 0 Å². The van der Waals surface area contributed by atoms with E-state index in [-0.39, 0.29) is 0 Å². The third-order valence-electron chi connectivity index (χ3n) is 2.99. The van der Waals surface area contributed by atoms with Gasteiger partial charge < -0.3 is 19.7 Å². The summed E-state index contributed by atoms with van der Waals surface area (Å²) in [5.74, 6) is -1.08. The number of hydrogen-bond donors (Lipinski definition) is 2. The number of esters is 2. The molecule has 0 aromatic heterocycles. The van der Waals surface area contributed by atoms with E-state index in [0.717, 1.165) is 0 Å². The summed E-state index contributed by atoms with van der Waals surface area (Å²) in [4.78, 5) is 23.0. The van der Waals surface area contributed by atoms with Crippen LogP contribution in [0.25, 0.3) is 0 Å². The minimum atomic E-state index is -1.09. The van der Waals surface area contributed by atoms with Gasteiger partial charge in [-0.25, -0.2) is 9.59 Å². The van der Waals surface area contributed by atoms with Crippen molar-refractivity contribution < 1.29 is 29.3 Å². The van der Waals surface area contributed by atoms with Crippen LogP contribution in [0.4, 0.5) is 0 Å². The maximum atomic E-state index is 11.7. The van der Waals surface area contributed by atoms with Crippen LogP contribution in [0.3, 0.4) is 0 Å². The first-order valence-electron chi connectivity index (χ1n) is 6.62. The van der Waals surface area contributed by atoms with Crippen molar-refractivity contribution in [1.29, 1.82) is 0 Å². The van der Waals surface area contributed by atoms with Gasteiger partial charge in [0, 0.05) is 11.6 Å².